The molecule has 13 rings (SSSR count). The Bertz CT molecular complexity index is 3900. The molecule has 4 nitrogen and oxygen atoms in total. The molecule has 0 aliphatic carbocycles. The summed E-state index contributed by atoms with van der Waals surface area (Å²) in [6.07, 6.45) is 0. The highest BCUT2D eigenvalue weighted by Gasteiger charge is 2.19. The lowest BCUT2D eigenvalue weighted by molar-refractivity contribution is 1.08. The van der Waals surface area contributed by atoms with Gasteiger partial charge in [-0.15, -0.1) is 11.3 Å². The van der Waals surface area contributed by atoms with E-state index in [9.17, 15) is 0 Å². The van der Waals surface area contributed by atoms with Gasteiger partial charge in [-0.1, -0.05) is 164 Å². The van der Waals surface area contributed by atoms with Crippen LogP contribution < -0.4 is 0 Å². The van der Waals surface area contributed by atoms with Crippen LogP contribution in [-0.2, 0) is 0 Å². The number of benzene rings is 10. The van der Waals surface area contributed by atoms with Crippen molar-refractivity contribution in [1.82, 2.24) is 19.5 Å². The summed E-state index contributed by atoms with van der Waals surface area (Å²) in [6, 6.07) is 78.1. The zero-order valence-corrected chi connectivity index (χ0v) is 35.3. The van der Waals surface area contributed by atoms with Gasteiger partial charge in [0.1, 0.15) is 0 Å². The highest BCUT2D eigenvalue weighted by Crippen LogP contribution is 2.41. The van der Waals surface area contributed by atoms with Gasteiger partial charge in [-0.25, -0.2) is 15.0 Å². The summed E-state index contributed by atoms with van der Waals surface area (Å²) >= 11 is 1.79. The molecule has 0 spiro atoms. The van der Waals surface area contributed by atoms with E-state index in [1.54, 1.807) is 11.3 Å². The molecule has 298 valence electrons. The lowest BCUT2D eigenvalue weighted by Crippen LogP contribution is -2.01. The lowest BCUT2D eigenvalue weighted by Gasteiger charge is -2.13. The van der Waals surface area contributed by atoms with Gasteiger partial charge in [-0.05, 0) is 98.4 Å². The number of nitrogens with zero attached hydrogens (tertiary/aromatic N) is 4. The van der Waals surface area contributed by atoms with Gasteiger partial charge in [0.2, 0.25) is 0 Å². The fourth-order valence-electron chi connectivity index (χ4n) is 9.60. The Hall–Kier alpha value is -8.25. The van der Waals surface area contributed by atoms with Crippen molar-refractivity contribution in [3.05, 3.63) is 218 Å². The number of para-hydroxylation sites is 2. The maximum atomic E-state index is 5.31. The van der Waals surface area contributed by atoms with Gasteiger partial charge >= 0.3 is 0 Å². The van der Waals surface area contributed by atoms with E-state index < -0.39 is 0 Å². The van der Waals surface area contributed by atoms with Crippen LogP contribution in [0.1, 0.15) is 0 Å². The van der Waals surface area contributed by atoms with Crippen LogP contribution in [0.3, 0.4) is 0 Å². The number of thiophene rings is 1. The number of hydrogen-bond donors (Lipinski definition) is 0. The first kappa shape index (κ1) is 36.4. The van der Waals surface area contributed by atoms with E-state index in [0.29, 0.717) is 17.5 Å². The van der Waals surface area contributed by atoms with Crippen LogP contribution in [-0.4, -0.2) is 19.5 Å². The molecule has 0 aliphatic heterocycles. The van der Waals surface area contributed by atoms with Crippen molar-refractivity contribution in [3.8, 4) is 62.1 Å². The zero-order chi connectivity index (χ0) is 42.1. The minimum absolute atomic E-state index is 0.640. The highest BCUT2D eigenvalue weighted by molar-refractivity contribution is 7.26. The molecule has 0 N–H and O–H groups in total. The molecule has 0 amide bonds. The maximum absolute atomic E-state index is 5.31. The van der Waals surface area contributed by atoms with Crippen molar-refractivity contribution < 1.29 is 0 Å². The van der Waals surface area contributed by atoms with Crippen molar-refractivity contribution in [2.75, 3.05) is 0 Å². The molecule has 13 aromatic rings. The molecule has 0 saturated carbocycles. The van der Waals surface area contributed by atoms with Crippen LogP contribution in [0, 0.1) is 0 Å². The molecule has 10 aromatic carbocycles. The quantitative estimate of drug-likeness (QED) is 0.168. The summed E-state index contributed by atoms with van der Waals surface area (Å²) < 4.78 is 4.78. The fourth-order valence-corrected chi connectivity index (χ4v) is 10.8. The Balaban J connectivity index is 0.921. The molecule has 64 heavy (non-hydrogen) atoms. The van der Waals surface area contributed by atoms with Gasteiger partial charge in [0.25, 0.3) is 0 Å². The summed E-state index contributed by atoms with van der Waals surface area (Å²) in [7, 11) is 0. The molecule has 0 aliphatic rings. The van der Waals surface area contributed by atoms with Gasteiger partial charge in [0, 0.05) is 53.3 Å². The Morgan fingerprint density at radius 2 is 0.844 bits per heavy atom. The topological polar surface area (TPSA) is 43.6 Å². The average molecular weight is 833 g/mol. The molecule has 3 aromatic heterocycles. The van der Waals surface area contributed by atoms with Gasteiger partial charge in [0.05, 0.1) is 11.0 Å². The van der Waals surface area contributed by atoms with E-state index in [1.807, 2.05) is 0 Å². The molecule has 0 atom stereocenters. The van der Waals surface area contributed by atoms with Crippen LogP contribution in [0.5, 0.6) is 0 Å². The normalized spacial score (nSPS) is 11.8. The summed E-state index contributed by atoms with van der Waals surface area (Å²) in [4.78, 5) is 15.9. The van der Waals surface area contributed by atoms with Gasteiger partial charge in [0.15, 0.2) is 17.5 Å². The van der Waals surface area contributed by atoms with E-state index in [2.05, 4.69) is 223 Å². The van der Waals surface area contributed by atoms with Crippen LogP contribution >= 0.6 is 11.3 Å². The Morgan fingerprint density at radius 3 is 1.58 bits per heavy atom. The molecule has 0 radical (unpaired) electrons. The summed E-state index contributed by atoms with van der Waals surface area (Å²) in [5, 5.41) is 9.51. The Labute approximate surface area is 373 Å². The second-order valence-electron chi connectivity index (χ2n) is 16.4. The van der Waals surface area contributed by atoms with Gasteiger partial charge < -0.3 is 4.57 Å². The van der Waals surface area contributed by atoms with Crippen molar-refractivity contribution in [1.29, 1.82) is 0 Å². The molecular weight excluding hydrogens is 797 g/mol. The predicted molar refractivity (Wildman–Crippen MR) is 269 cm³/mol. The zero-order valence-electron chi connectivity index (χ0n) is 34.5. The minimum Gasteiger partial charge on any atom is -0.309 e. The molecule has 0 unspecified atom stereocenters. The standard InChI is InChI=1S/C59H36N4S/c1-2-13-38(14-3-1)44-33-34-51(46-16-5-4-15-45(44)46)58-60-57(61-59(62-58)52-21-12-20-50-49-19-8-11-24-55(49)64-56(50)52)42-28-27-40-35-39(25-26-41(40)36-42)37-29-31-43(32-30-37)63-53-22-9-6-17-47(53)48-18-7-10-23-54(48)63/h1-36H. The first-order chi connectivity index (χ1) is 31.7. The molecule has 0 fully saturated rings. The molecule has 0 saturated heterocycles. The molecule has 5 heteroatoms. The fraction of sp³-hybridized carbons (Fsp3) is 0. The first-order valence-electron chi connectivity index (χ1n) is 21.6. The Morgan fingerprint density at radius 1 is 0.312 bits per heavy atom. The smallest absolute Gasteiger partial charge is 0.165 e. The number of aromatic nitrogens is 4. The Kier molecular flexibility index (Phi) is 8.36. The van der Waals surface area contributed by atoms with E-state index in [4.69, 9.17) is 15.0 Å². The second kappa shape index (κ2) is 14.7. The predicted octanol–water partition coefficient (Wildman–Crippen LogP) is 16.0. The van der Waals surface area contributed by atoms with Crippen molar-refractivity contribution in [3.63, 3.8) is 0 Å². The van der Waals surface area contributed by atoms with E-state index in [1.165, 1.54) is 64.2 Å². The number of rotatable bonds is 6. The van der Waals surface area contributed by atoms with E-state index >= 15 is 0 Å². The largest absolute Gasteiger partial charge is 0.309 e. The van der Waals surface area contributed by atoms with E-state index in [-0.39, 0.29) is 0 Å². The average Bonchev–Trinajstić information content (AvgIpc) is 3.92. The summed E-state index contributed by atoms with van der Waals surface area (Å²) in [5.74, 6) is 1.95. The van der Waals surface area contributed by atoms with Crippen LogP contribution in [0.4, 0.5) is 0 Å². The van der Waals surface area contributed by atoms with Crippen LogP contribution in [0.2, 0.25) is 0 Å². The lowest BCUT2D eigenvalue weighted by atomic mass is 9.94. The van der Waals surface area contributed by atoms with Crippen molar-refractivity contribution in [2.45, 2.75) is 0 Å². The van der Waals surface area contributed by atoms with E-state index in [0.717, 1.165) is 43.9 Å². The molecule has 3 heterocycles. The van der Waals surface area contributed by atoms with Crippen LogP contribution in [0.25, 0.3) is 126 Å². The number of fused-ring (bicyclic) bond motifs is 8. The summed E-state index contributed by atoms with van der Waals surface area (Å²) in [6.45, 7) is 0. The van der Waals surface area contributed by atoms with Gasteiger partial charge in [-0.2, -0.15) is 0 Å². The SMILES string of the molecule is c1ccc(-c2ccc(-c3nc(-c4ccc5cc(-c6ccc(-n7c8ccccc8c8ccccc87)cc6)ccc5c4)nc(-c4cccc5c4sc4ccccc45)n3)c3ccccc23)cc1. The number of hydrogen-bond acceptors (Lipinski definition) is 4. The third-order valence-electron chi connectivity index (χ3n) is 12.7. The van der Waals surface area contributed by atoms with Crippen molar-refractivity contribution in [2.24, 2.45) is 0 Å². The molecule has 0 bridgehead atoms. The minimum atomic E-state index is 0.640. The third kappa shape index (κ3) is 5.93. The highest BCUT2D eigenvalue weighted by atomic mass is 32.1. The maximum Gasteiger partial charge on any atom is 0.165 e. The van der Waals surface area contributed by atoms with Crippen molar-refractivity contribution >= 4 is 74.9 Å². The van der Waals surface area contributed by atoms with Gasteiger partial charge in [-0.3, -0.25) is 0 Å². The second-order valence-corrected chi connectivity index (χ2v) is 17.4. The monoisotopic (exact) mass is 832 g/mol. The molecular formula is C59H36N4S. The third-order valence-corrected chi connectivity index (χ3v) is 13.9. The summed E-state index contributed by atoms with van der Waals surface area (Å²) in [5.41, 5.74) is 11.2. The van der Waals surface area contributed by atoms with Crippen LogP contribution in [0.15, 0.2) is 218 Å². The first-order valence-corrected chi connectivity index (χ1v) is 22.4.